The molecule has 0 aromatic carbocycles. The van der Waals surface area contributed by atoms with Crippen molar-refractivity contribution in [2.45, 2.75) is 47.2 Å². The second-order valence-corrected chi connectivity index (χ2v) is 10.7. The normalized spacial score (nSPS) is 28.9. The second kappa shape index (κ2) is 6.83. The minimum Gasteiger partial charge on any atom is -0.347 e. The Kier molecular flexibility index (Phi) is 4.73. The first-order valence-corrected chi connectivity index (χ1v) is 10.9. The van der Waals surface area contributed by atoms with Crippen LogP contribution in [0.5, 0.6) is 0 Å². The molecule has 6 heteroatoms. The topological polar surface area (TPSA) is 32.3 Å². The minimum absolute atomic E-state index is 0.0970. The predicted octanol–water partition coefficient (Wildman–Crippen LogP) is 4.48. The van der Waals surface area contributed by atoms with E-state index in [1.165, 1.54) is 39.2 Å². The monoisotopic (exact) mass is 378 g/mol. The highest BCUT2D eigenvalue weighted by atomic mass is 32.2. The average molecular weight is 379 g/mol. The van der Waals surface area contributed by atoms with Crippen molar-refractivity contribution in [3.05, 3.63) is 34.0 Å². The van der Waals surface area contributed by atoms with E-state index in [0.29, 0.717) is 18.0 Å². The van der Waals surface area contributed by atoms with Gasteiger partial charge in [0.2, 0.25) is 0 Å². The summed E-state index contributed by atoms with van der Waals surface area (Å²) in [5.74, 6) is 0.747. The van der Waals surface area contributed by atoms with Gasteiger partial charge in [0.25, 0.3) is 5.91 Å². The molecular formula is C18H22N2OS3. The molecule has 5 heterocycles. The van der Waals surface area contributed by atoms with Gasteiger partial charge in [0.05, 0.1) is 13.3 Å². The molecule has 3 aliphatic rings. The number of carbonyl (C=O) groups excluding carboxylic acids is 1. The van der Waals surface area contributed by atoms with E-state index in [1.54, 1.807) is 34.4 Å². The molecule has 24 heavy (non-hydrogen) atoms. The molecule has 1 amide bonds. The van der Waals surface area contributed by atoms with Gasteiger partial charge in [0.1, 0.15) is 0 Å². The quantitative estimate of drug-likeness (QED) is 0.851. The van der Waals surface area contributed by atoms with Crippen LogP contribution in [0.2, 0.25) is 0 Å². The predicted molar refractivity (Wildman–Crippen MR) is 103 cm³/mol. The maximum Gasteiger partial charge on any atom is 0.261 e. The van der Waals surface area contributed by atoms with Crippen molar-refractivity contribution in [3.63, 3.8) is 0 Å². The van der Waals surface area contributed by atoms with E-state index in [-0.39, 0.29) is 5.91 Å². The van der Waals surface area contributed by atoms with Crippen LogP contribution in [0.4, 0.5) is 0 Å². The zero-order chi connectivity index (χ0) is 16.7. The van der Waals surface area contributed by atoms with Gasteiger partial charge >= 0.3 is 0 Å². The van der Waals surface area contributed by atoms with Crippen molar-refractivity contribution in [1.29, 1.82) is 0 Å². The standard InChI is InChI=1S/C18H22N2OS3/c1-11-3-5-15(22-11)24-16-6-4-14(23-16)18(21)19-17-12(2)20-9-7-13(17)8-10-20/h3-6,12-13,17H,7-10H2,1-2H3,(H,19,21). The van der Waals surface area contributed by atoms with E-state index in [1.807, 2.05) is 6.07 Å². The number of piperidine rings is 3. The summed E-state index contributed by atoms with van der Waals surface area (Å²) < 4.78 is 2.47. The minimum atomic E-state index is 0.0970. The van der Waals surface area contributed by atoms with Crippen LogP contribution < -0.4 is 5.32 Å². The third kappa shape index (κ3) is 3.29. The Hall–Kier alpha value is -0.820. The molecule has 2 unspecified atom stereocenters. The number of fused-ring (bicyclic) bond motifs is 3. The molecule has 3 saturated heterocycles. The molecule has 0 spiro atoms. The highest BCUT2D eigenvalue weighted by molar-refractivity contribution is 8.02. The first-order chi connectivity index (χ1) is 11.6. The average Bonchev–Trinajstić information content (AvgIpc) is 3.21. The van der Waals surface area contributed by atoms with Gasteiger partial charge < -0.3 is 5.32 Å². The van der Waals surface area contributed by atoms with Crippen molar-refractivity contribution in [3.8, 4) is 0 Å². The van der Waals surface area contributed by atoms with Gasteiger partial charge in [-0.3, -0.25) is 9.69 Å². The number of nitrogens with zero attached hydrogens (tertiary/aromatic N) is 1. The second-order valence-electron chi connectivity index (χ2n) is 6.70. The first kappa shape index (κ1) is 16.6. The van der Waals surface area contributed by atoms with E-state index < -0.39 is 0 Å². The fourth-order valence-electron chi connectivity index (χ4n) is 3.83. The Morgan fingerprint density at radius 2 is 1.88 bits per heavy atom. The van der Waals surface area contributed by atoms with Crippen molar-refractivity contribution >= 4 is 40.3 Å². The molecule has 3 fully saturated rings. The summed E-state index contributed by atoms with van der Waals surface area (Å²) in [6.45, 7) is 6.76. The van der Waals surface area contributed by atoms with Crippen LogP contribution in [0.15, 0.2) is 32.7 Å². The van der Waals surface area contributed by atoms with Gasteiger partial charge in [-0.1, -0.05) is 11.8 Å². The molecular weight excluding hydrogens is 356 g/mol. The third-order valence-corrected chi connectivity index (χ3v) is 8.55. The van der Waals surface area contributed by atoms with Gasteiger partial charge in [-0.05, 0) is 70.0 Å². The number of nitrogens with one attached hydrogen (secondary N) is 1. The Labute approximate surface area is 155 Å². The molecule has 128 valence electrons. The van der Waals surface area contributed by atoms with Crippen LogP contribution in [0, 0.1) is 12.8 Å². The lowest BCUT2D eigenvalue weighted by atomic mass is 9.79. The highest BCUT2D eigenvalue weighted by Gasteiger charge is 2.40. The molecule has 0 aliphatic carbocycles. The van der Waals surface area contributed by atoms with Crippen molar-refractivity contribution in [1.82, 2.24) is 10.2 Å². The van der Waals surface area contributed by atoms with Gasteiger partial charge in [-0.2, -0.15) is 0 Å². The lowest BCUT2D eigenvalue weighted by Crippen LogP contribution is -2.62. The van der Waals surface area contributed by atoms with Crippen LogP contribution in [0.25, 0.3) is 0 Å². The lowest BCUT2D eigenvalue weighted by Gasteiger charge is -2.49. The number of hydrogen-bond acceptors (Lipinski definition) is 5. The van der Waals surface area contributed by atoms with Gasteiger partial charge in [-0.25, -0.2) is 0 Å². The largest absolute Gasteiger partial charge is 0.347 e. The van der Waals surface area contributed by atoms with Crippen molar-refractivity contribution in [2.75, 3.05) is 13.1 Å². The SMILES string of the molecule is Cc1ccc(Sc2ccc(C(=O)NC3C4CCN(CC4)C3C)s2)s1. The summed E-state index contributed by atoms with van der Waals surface area (Å²) in [5.41, 5.74) is 0. The summed E-state index contributed by atoms with van der Waals surface area (Å²) in [7, 11) is 0. The van der Waals surface area contributed by atoms with Crippen LogP contribution in [-0.4, -0.2) is 36.0 Å². The van der Waals surface area contributed by atoms with Crippen molar-refractivity contribution in [2.24, 2.45) is 5.92 Å². The smallest absolute Gasteiger partial charge is 0.261 e. The Morgan fingerprint density at radius 1 is 1.17 bits per heavy atom. The van der Waals surface area contributed by atoms with Crippen molar-refractivity contribution < 1.29 is 4.79 Å². The van der Waals surface area contributed by atoms with Gasteiger partial charge in [0, 0.05) is 17.0 Å². The maximum absolute atomic E-state index is 12.7. The van der Waals surface area contributed by atoms with Crippen LogP contribution in [0.3, 0.4) is 0 Å². The van der Waals surface area contributed by atoms with Crippen LogP contribution >= 0.6 is 34.4 Å². The fourth-order valence-corrected chi connectivity index (χ4v) is 7.23. The molecule has 1 N–H and O–H groups in total. The molecule has 2 aromatic heterocycles. The van der Waals surface area contributed by atoms with E-state index >= 15 is 0 Å². The first-order valence-electron chi connectivity index (χ1n) is 8.49. The van der Waals surface area contributed by atoms with Crippen LogP contribution in [-0.2, 0) is 0 Å². The molecule has 3 aliphatic heterocycles. The Morgan fingerprint density at radius 3 is 2.54 bits per heavy atom. The molecule has 2 bridgehead atoms. The maximum atomic E-state index is 12.7. The van der Waals surface area contributed by atoms with E-state index in [0.717, 1.165) is 4.88 Å². The molecule has 0 saturated carbocycles. The summed E-state index contributed by atoms with van der Waals surface area (Å²) >= 11 is 5.15. The van der Waals surface area contributed by atoms with E-state index in [9.17, 15) is 4.79 Å². The number of rotatable bonds is 4. The van der Waals surface area contributed by atoms with Crippen LogP contribution in [0.1, 0.15) is 34.3 Å². The zero-order valence-corrected chi connectivity index (χ0v) is 16.4. The summed E-state index contributed by atoms with van der Waals surface area (Å²) in [6.07, 6.45) is 2.44. The molecule has 5 rings (SSSR count). The van der Waals surface area contributed by atoms with E-state index in [4.69, 9.17) is 0 Å². The third-order valence-electron chi connectivity index (χ3n) is 5.20. The number of thiophene rings is 2. The summed E-state index contributed by atoms with van der Waals surface area (Å²) in [4.78, 5) is 17.3. The van der Waals surface area contributed by atoms with E-state index in [2.05, 4.69) is 42.3 Å². The molecule has 2 aromatic rings. The number of carbonyl (C=O) groups is 1. The summed E-state index contributed by atoms with van der Waals surface area (Å²) in [6, 6.07) is 9.10. The summed E-state index contributed by atoms with van der Waals surface area (Å²) in [5, 5.41) is 3.32. The number of amides is 1. The highest BCUT2D eigenvalue weighted by Crippen LogP contribution is 2.37. The Bertz CT molecular complexity index is 728. The van der Waals surface area contributed by atoms with Gasteiger partial charge in [0.15, 0.2) is 0 Å². The Balaban J connectivity index is 1.41. The molecule has 2 atom stereocenters. The molecule has 0 radical (unpaired) electrons. The lowest BCUT2D eigenvalue weighted by molar-refractivity contribution is 0.0218. The fraction of sp³-hybridized carbons (Fsp3) is 0.500. The zero-order valence-electron chi connectivity index (χ0n) is 14.0. The molecule has 3 nitrogen and oxygen atoms in total. The number of aryl methyl sites for hydroxylation is 1. The number of hydrogen-bond donors (Lipinski definition) is 1. The van der Waals surface area contributed by atoms with Gasteiger partial charge in [-0.15, -0.1) is 22.7 Å².